The third kappa shape index (κ3) is 4.90. The Hall–Kier alpha value is -2.32. The van der Waals surface area contributed by atoms with Crippen LogP contribution in [0.3, 0.4) is 0 Å². The minimum atomic E-state index is -0.283. The molecule has 1 aliphatic rings. The fourth-order valence-corrected chi connectivity index (χ4v) is 4.27. The van der Waals surface area contributed by atoms with Crippen molar-refractivity contribution in [3.05, 3.63) is 52.7 Å². The maximum Gasteiger partial charge on any atom is 0.237 e. The first-order valence-electron chi connectivity index (χ1n) is 9.57. The Bertz CT molecular complexity index is 855. The van der Waals surface area contributed by atoms with Crippen molar-refractivity contribution in [1.29, 1.82) is 5.26 Å². The van der Waals surface area contributed by atoms with Crippen LogP contribution in [0.25, 0.3) is 0 Å². The number of fused-ring (bicyclic) bond motifs is 1. The quantitative estimate of drug-likeness (QED) is 0.584. The number of benzene rings is 1. The molecule has 1 atom stereocenters. The molecule has 0 saturated heterocycles. The lowest BCUT2D eigenvalue weighted by Crippen LogP contribution is -2.25. The molecule has 3 rings (SSSR count). The number of carbonyl (C=O) groups excluding carboxylic acids is 1. The Morgan fingerprint density at radius 3 is 2.70 bits per heavy atom. The molecule has 1 aromatic heterocycles. The van der Waals surface area contributed by atoms with E-state index in [0.29, 0.717) is 17.0 Å². The lowest BCUT2D eigenvalue weighted by molar-refractivity contribution is -0.115. The molecule has 1 unspecified atom stereocenters. The summed E-state index contributed by atoms with van der Waals surface area (Å²) in [6.45, 7) is 4.01. The van der Waals surface area contributed by atoms with Crippen molar-refractivity contribution in [2.45, 2.75) is 62.6 Å². The minimum Gasteiger partial charge on any atom is -0.325 e. The van der Waals surface area contributed by atoms with Crippen molar-refractivity contribution in [1.82, 2.24) is 4.98 Å². The second-order valence-electron chi connectivity index (χ2n) is 6.99. The molecule has 0 saturated carbocycles. The zero-order chi connectivity index (χ0) is 19.2. The van der Waals surface area contributed by atoms with E-state index in [0.717, 1.165) is 42.6 Å². The maximum absolute atomic E-state index is 12.7. The lowest BCUT2D eigenvalue weighted by atomic mass is 10.1. The van der Waals surface area contributed by atoms with Gasteiger partial charge in [-0.25, -0.2) is 4.98 Å². The Morgan fingerprint density at radius 2 is 2.00 bits per heavy atom. The highest BCUT2D eigenvalue weighted by molar-refractivity contribution is 8.00. The summed E-state index contributed by atoms with van der Waals surface area (Å²) in [5.41, 5.74) is 4.83. The summed E-state index contributed by atoms with van der Waals surface area (Å²) in [5, 5.41) is 13.0. The minimum absolute atomic E-state index is 0.0491. The number of amides is 1. The summed E-state index contributed by atoms with van der Waals surface area (Å²) in [6.07, 6.45) is 6.13. The Labute approximate surface area is 165 Å². The Morgan fingerprint density at radius 1 is 1.26 bits per heavy atom. The molecule has 5 heteroatoms. The highest BCUT2D eigenvalue weighted by Gasteiger charge is 2.22. The topological polar surface area (TPSA) is 65.8 Å². The van der Waals surface area contributed by atoms with Crippen molar-refractivity contribution in [3.63, 3.8) is 0 Å². The van der Waals surface area contributed by atoms with Gasteiger partial charge >= 0.3 is 0 Å². The van der Waals surface area contributed by atoms with Gasteiger partial charge in [0.15, 0.2) is 0 Å². The summed E-state index contributed by atoms with van der Waals surface area (Å²) < 4.78 is 0. The summed E-state index contributed by atoms with van der Waals surface area (Å²) in [6, 6.07) is 12.0. The van der Waals surface area contributed by atoms with Crippen molar-refractivity contribution in [3.8, 4) is 6.07 Å². The molecule has 27 heavy (non-hydrogen) atoms. The van der Waals surface area contributed by atoms with E-state index in [9.17, 15) is 10.1 Å². The van der Waals surface area contributed by atoms with Crippen molar-refractivity contribution in [2.24, 2.45) is 0 Å². The van der Waals surface area contributed by atoms with E-state index in [2.05, 4.69) is 11.4 Å². The number of nitrogens with one attached hydrogen (secondary N) is 1. The highest BCUT2D eigenvalue weighted by atomic mass is 32.2. The SMILES string of the molecule is CCC(Sc1nc2c(cc1C#N)CCCCC2)C(=O)Nc1ccc(C)cc1. The Balaban J connectivity index is 1.79. The van der Waals surface area contributed by atoms with E-state index in [-0.39, 0.29) is 11.2 Å². The van der Waals surface area contributed by atoms with E-state index in [1.165, 1.54) is 23.7 Å². The number of aryl methyl sites for hydroxylation is 3. The van der Waals surface area contributed by atoms with Crippen LogP contribution in [0.15, 0.2) is 35.4 Å². The monoisotopic (exact) mass is 379 g/mol. The van der Waals surface area contributed by atoms with Gasteiger partial charge in [-0.15, -0.1) is 0 Å². The number of nitriles is 1. The van der Waals surface area contributed by atoms with Crippen LogP contribution in [-0.2, 0) is 17.6 Å². The molecular weight excluding hydrogens is 354 g/mol. The standard InChI is InChI=1S/C22H25N3OS/c1-3-20(21(26)24-18-11-9-15(2)10-12-18)27-22-17(14-23)13-16-7-5-4-6-8-19(16)25-22/h9-13,20H,3-8H2,1-2H3,(H,24,26). The summed E-state index contributed by atoms with van der Waals surface area (Å²) in [4.78, 5) is 17.5. The summed E-state index contributed by atoms with van der Waals surface area (Å²) in [5.74, 6) is -0.0491. The van der Waals surface area contributed by atoms with Crippen LogP contribution in [0.1, 0.15) is 55.0 Å². The van der Waals surface area contributed by atoms with Gasteiger partial charge in [0.25, 0.3) is 0 Å². The van der Waals surface area contributed by atoms with Crippen LogP contribution in [0, 0.1) is 18.3 Å². The molecule has 0 bridgehead atoms. The smallest absolute Gasteiger partial charge is 0.237 e. The third-order valence-electron chi connectivity index (χ3n) is 4.87. The normalized spacial score (nSPS) is 14.6. The van der Waals surface area contributed by atoms with Crippen LogP contribution >= 0.6 is 11.8 Å². The fraction of sp³-hybridized carbons (Fsp3) is 0.409. The number of nitrogens with zero attached hydrogens (tertiary/aromatic N) is 2. The van der Waals surface area contributed by atoms with Gasteiger partial charge in [0.2, 0.25) is 5.91 Å². The van der Waals surface area contributed by atoms with Crippen LogP contribution in [-0.4, -0.2) is 16.1 Å². The van der Waals surface area contributed by atoms with Crippen LogP contribution in [0.2, 0.25) is 0 Å². The molecule has 2 aromatic rings. The van der Waals surface area contributed by atoms with Gasteiger partial charge in [-0.2, -0.15) is 5.26 Å². The third-order valence-corrected chi connectivity index (χ3v) is 6.24. The van der Waals surface area contributed by atoms with Crippen molar-refractivity contribution in [2.75, 3.05) is 5.32 Å². The molecule has 0 radical (unpaired) electrons. The average Bonchev–Trinajstić information content (AvgIpc) is 2.91. The molecule has 0 fully saturated rings. The van der Waals surface area contributed by atoms with Crippen molar-refractivity contribution < 1.29 is 4.79 Å². The number of hydrogen-bond donors (Lipinski definition) is 1. The summed E-state index contributed by atoms with van der Waals surface area (Å²) in [7, 11) is 0. The molecule has 0 aliphatic heterocycles. The molecule has 1 heterocycles. The molecule has 4 nitrogen and oxygen atoms in total. The molecule has 1 N–H and O–H groups in total. The maximum atomic E-state index is 12.7. The van der Waals surface area contributed by atoms with Crippen LogP contribution in [0.5, 0.6) is 0 Å². The Kier molecular flexibility index (Phi) is 6.52. The van der Waals surface area contributed by atoms with Gasteiger partial charge in [-0.1, -0.05) is 42.8 Å². The molecule has 140 valence electrons. The second kappa shape index (κ2) is 9.05. The van der Waals surface area contributed by atoms with Gasteiger partial charge < -0.3 is 5.32 Å². The van der Waals surface area contributed by atoms with Gasteiger partial charge in [0, 0.05) is 11.4 Å². The zero-order valence-electron chi connectivity index (χ0n) is 15.9. The largest absolute Gasteiger partial charge is 0.325 e. The van der Waals surface area contributed by atoms with E-state index < -0.39 is 0 Å². The second-order valence-corrected chi connectivity index (χ2v) is 8.18. The van der Waals surface area contributed by atoms with Gasteiger partial charge in [-0.3, -0.25) is 4.79 Å². The van der Waals surface area contributed by atoms with E-state index in [1.54, 1.807) is 0 Å². The van der Waals surface area contributed by atoms with Gasteiger partial charge in [0.1, 0.15) is 11.1 Å². The van der Waals surface area contributed by atoms with Crippen molar-refractivity contribution >= 4 is 23.4 Å². The predicted molar refractivity (Wildman–Crippen MR) is 110 cm³/mol. The molecule has 0 spiro atoms. The number of rotatable bonds is 5. The first-order valence-corrected chi connectivity index (χ1v) is 10.5. The number of aromatic nitrogens is 1. The van der Waals surface area contributed by atoms with Gasteiger partial charge in [0.05, 0.1) is 10.8 Å². The average molecular weight is 380 g/mol. The van der Waals surface area contributed by atoms with Crippen LogP contribution in [0.4, 0.5) is 5.69 Å². The molecular formula is C22H25N3OS. The number of hydrogen-bond acceptors (Lipinski definition) is 4. The summed E-state index contributed by atoms with van der Waals surface area (Å²) >= 11 is 1.40. The van der Waals surface area contributed by atoms with E-state index in [1.807, 2.05) is 44.2 Å². The number of anilines is 1. The number of carbonyl (C=O) groups is 1. The molecule has 1 aliphatic carbocycles. The highest BCUT2D eigenvalue weighted by Crippen LogP contribution is 2.31. The predicted octanol–water partition coefficient (Wildman–Crippen LogP) is 5.04. The fourth-order valence-electron chi connectivity index (χ4n) is 3.28. The lowest BCUT2D eigenvalue weighted by Gasteiger charge is -2.16. The zero-order valence-corrected chi connectivity index (χ0v) is 16.7. The molecule has 1 amide bonds. The first kappa shape index (κ1) is 19.4. The number of pyridine rings is 1. The molecule has 1 aromatic carbocycles. The van der Waals surface area contributed by atoms with Crippen LogP contribution < -0.4 is 5.32 Å². The van der Waals surface area contributed by atoms with E-state index in [4.69, 9.17) is 4.98 Å². The number of thioether (sulfide) groups is 1. The van der Waals surface area contributed by atoms with Gasteiger partial charge in [-0.05, 0) is 62.8 Å². The first-order chi connectivity index (χ1) is 13.1. The van der Waals surface area contributed by atoms with E-state index >= 15 is 0 Å².